The minimum atomic E-state index is -0.611. The van der Waals surface area contributed by atoms with Crippen molar-refractivity contribution >= 4 is 16.7 Å². The van der Waals surface area contributed by atoms with Crippen LogP contribution in [-0.2, 0) is 6.54 Å². The van der Waals surface area contributed by atoms with E-state index in [4.69, 9.17) is 10.5 Å². The molecule has 0 aliphatic rings. The monoisotopic (exact) mass is 283 g/mol. The van der Waals surface area contributed by atoms with Crippen molar-refractivity contribution in [1.29, 1.82) is 0 Å². The Morgan fingerprint density at radius 2 is 1.90 bits per heavy atom. The van der Waals surface area contributed by atoms with Crippen molar-refractivity contribution in [1.82, 2.24) is 9.55 Å². The number of imidazole rings is 1. The number of rotatable bonds is 5. The van der Waals surface area contributed by atoms with Gasteiger partial charge >= 0.3 is 0 Å². The first-order valence-corrected chi connectivity index (χ1v) is 6.78. The molecule has 0 saturated heterocycles. The number of anilines is 1. The van der Waals surface area contributed by atoms with E-state index < -0.39 is 6.10 Å². The lowest BCUT2D eigenvalue weighted by atomic mass is 10.3. The summed E-state index contributed by atoms with van der Waals surface area (Å²) in [6, 6.07) is 14.9. The van der Waals surface area contributed by atoms with Crippen molar-refractivity contribution in [3.05, 3.63) is 54.9 Å². The zero-order chi connectivity index (χ0) is 14.7. The Bertz CT molecular complexity index is 722. The van der Waals surface area contributed by atoms with Crippen LogP contribution in [0.1, 0.15) is 0 Å². The minimum absolute atomic E-state index is 0.219. The van der Waals surface area contributed by atoms with Crippen LogP contribution in [0.15, 0.2) is 54.9 Å². The molecule has 21 heavy (non-hydrogen) atoms. The molecule has 2 aromatic carbocycles. The van der Waals surface area contributed by atoms with Gasteiger partial charge in [0, 0.05) is 5.69 Å². The second-order valence-corrected chi connectivity index (χ2v) is 4.92. The molecule has 0 spiro atoms. The molecule has 5 nitrogen and oxygen atoms in total. The Morgan fingerprint density at radius 1 is 1.14 bits per heavy atom. The van der Waals surface area contributed by atoms with Crippen LogP contribution in [0.5, 0.6) is 5.75 Å². The lowest BCUT2D eigenvalue weighted by Crippen LogP contribution is -2.23. The lowest BCUT2D eigenvalue weighted by molar-refractivity contribution is 0.0934. The Kier molecular flexibility index (Phi) is 3.75. The highest BCUT2D eigenvalue weighted by atomic mass is 16.5. The molecule has 1 atom stereocenters. The Morgan fingerprint density at radius 3 is 2.71 bits per heavy atom. The predicted octanol–water partition coefficient (Wildman–Crippen LogP) is 2.06. The summed E-state index contributed by atoms with van der Waals surface area (Å²) < 4.78 is 7.47. The molecule has 0 aliphatic heterocycles. The van der Waals surface area contributed by atoms with Crippen molar-refractivity contribution < 1.29 is 9.84 Å². The quantitative estimate of drug-likeness (QED) is 0.703. The van der Waals surface area contributed by atoms with E-state index in [0.717, 1.165) is 11.0 Å². The minimum Gasteiger partial charge on any atom is -0.491 e. The average molecular weight is 283 g/mol. The molecular formula is C16H17N3O2. The van der Waals surface area contributed by atoms with Gasteiger partial charge in [0.1, 0.15) is 18.5 Å². The number of nitrogen functional groups attached to an aromatic ring is 1. The molecule has 0 aliphatic carbocycles. The zero-order valence-corrected chi connectivity index (χ0v) is 11.5. The van der Waals surface area contributed by atoms with Crippen LogP contribution in [-0.4, -0.2) is 27.4 Å². The van der Waals surface area contributed by atoms with Gasteiger partial charge in [-0.3, -0.25) is 0 Å². The molecule has 0 unspecified atom stereocenters. The molecular weight excluding hydrogens is 266 g/mol. The highest BCUT2D eigenvalue weighted by Crippen LogP contribution is 2.15. The molecule has 5 heteroatoms. The maximum Gasteiger partial charge on any atom is 0.119 e. The highest BCUT2D eigenvalue weighted by Gasteiger charge is 2.09. The van der Waals surface area contributed by atoms with Crippen LogP contribution in [0.3, 0.4) is 0 Å². The molecule has 3 aromatic rings. The number of fused-ring (bicyclic) bond motifs is 1. The van der Waals surface area contributed by atoms with Gasteiger partial charge in [-0.25, -0.2) is 4.98 Å². The van der Waals surface area contributed by atoms with Gasteiger partial charge < -0.3 is 20.1 Å². The fraction of sp³-hybridized carbons (Fsp3) is 0.188. The number of benzene rings is 2. The number of aromatic nitrogens is 2. The first-order valence-electron chi connectivity index (χ1n) is 6.78. The number of aliphatic hydroxyl groups is 1. The van der Waals surface area contributed by atoms with Crippen molar-refractivity contribution in [2.45, 2.75) is 12.6 Å². The summed E-state index contributed by atoms with van der Waals surface area (Å²) in [7, 11) is 0. The van der Waals surface area contributed by atoms with E-state index in [2.05, 4.69) is 4.98 Å². The average Bonchev–Trinajstić information content (AvgIpc) is 2.90. The smallest absolute Gasteiger partial charge is 0.119 e. The number of nitrogens with zero attached hydrogens (tertiary/aromatic N) is 2. The second kappa shape index (κ2) is 5.85. The number of aliphatic hydroxyl groups excluding tert-OH is 1. The zero-order valence-electron chi connectivity index (χ0n) is 11.5. The SMILES string of the molecule is Nc1ccc(OC[C@@H](O)Cn2cnc3ccccc32)cc1. The van der Waals surface area contributed by atoms with Crippen LogP contribution < -0.4 is 10.5 Å². The molecule has 1 heterocycles. The molecule has 3 rings (SSSR count). The predicted molar refractivity (Wildman–Crippen MR) is 82.1 cm³/mol. The van der Waals surface area contributed by atoms with E-state index >= 15 is 0 Å². The van der Waals surface area contributed by atoms with Crippen LogP contribution in [0.4, 0.5) is 5.69 Å². The van der Waals surface area contributed by atoms with Gasteiger partial charge in [0.05, 0.1) is 23.9 Å². The van der Waals surface area contributed by atoms with E-state index in [1.807, 2.05) is 28.8 Å². The standard InChI is InChI=1S/C16H17N3O2/c17-12-5-7-14(8-6-12)21-10-13(20)9-19-11-18-15-3-1-2-4-16(15)19/h1-8,11,13,20H,9-10,17H2/t13-/m0/s1. The van der Waals surface area contributed by atoms with Gasteiger partial charge in [0.25, 0.3) is 0 Å². The van der Waals surface area contributed by atoms with Gasteiger partial charge in [-0.1, -0.05) is 12.1 Å². The Balaban J connectivity index is 1.61. The number of ether oxygens (including phenoxy) is 1. The van der Waals surface area contributed by atoms with Crippen molar-refractivity contribution in [2.24, 2.45) is 0 Å². The molecule has 0 amide bonds. The molecule has 0 fully saturated rings. The first-order chi connectivity index (χ1) is 10.2. The van der Waals surface area contributed by atoms with Crippen molar-refractivity contribution in [2.75, 3.05) is 12.3 Å². The summed E-state index contributed by atoms with van der Waals surface area (Å²) >= 11 is 0. The maximum absolute atomic E-state index is 10.1. The van der Waals surface area contributed by atoms with Crippen LogP contribution in [0, 0.1) is 0 Å². The lowest BCUT2D eigenvalue weighted by Gasteiger charge is -2.13. The molecule has 3 N–H and O–H groups in total. The fourth-order valence-electron chi connectivity index (χ4n) is 2.19. The molecule has 108 valence electrons. The van der Waals surface area contributed by atoms with Gasteiger partial charge in [0.15, 0.2) is 0 Å². The third-order valence-corrected chi connectivity index (χ3v) is 3.26. The third kappa shape index (κ3) is 3.14. The summed E-state index contributed by atoms with van der Waals surface area (Å²) in [6.45, 7) is 0.659. The van der Waals surface area contributed by atoms with E-state index in [1.165, 1.54) is 0 Å². The van der Waals surface area contributed by atoms with E-state index in [9.17, 15) is 5.11 Å². The van der Waals surface area contributed by atoms with Gasteiger partial charge in [-0.15, -0.1) is 0 Å². The summed E-state index contributed by atoms with van der Waals surface area (Å²) in [4.78, 5) is 4.30. The summed E-state index contributed by atoms with van der Waals surface area (Å²) in [5.41, 5.74) is 8.22. The van der Waals surface area contributed by atoms with Gasteiger partial charge in [-0.2, -0.15) is 0 Å². The van der Waals surface area contributed by atoms with Crippen molar-refractivity contribution in [3.63, 3.8) is 0 Å². The summed E-state index contributed by atoms with van der Waals surface area (Å²) in [5, 5.41) is 10.1. The van der Waals surface area contributed by atoms with Crippen molar-refractivity contribution in [3.8, 4) is 5.75 Å². The second-order valence-electron chi connectivity index (χ2n) is 4.92. The van der Waals surface area contributed by atoms with Crippen LogP contribution in [0.2, 0.25) is 0 Å². The number of hydrogen-bond donors (Lipinski definition) is 2. The summed E-state index contributed by atoms with van der Waals surface area (Å²) in [5.74, 6) is 0.693. The van der Waals surface area contributed by atoms with E-state index in [1.54, 1.807) is 30.6 Å². The molecule has 0 radical (unpaired) electrons. The van der Waals surface area contributed by atoms with E-state index in [-0.39, 0.29) is 6.61 Å². The molecule has 0 bridgehead atoms. The number of hydrogen-bond acceptors (Lipinski definition) is 4. The van der Waals surface area contributed by atoms with Gasteiger partial charge in [0.2, 0.25) is 0 Å². The summed E-state index contributed by atoms with van der Waals surface area (Å²) in [6.07, 6.45) is 1.12. The molecule has 1 aromatic heterocycles. The first kappa shape index (κ1) is 13.5. The fourth-order valence-corrected chi connectivity index (χ4v) is 2.19. The topological polar surface area (TPSA) is 73.3 Å². The van der Waals surface area contributed by atoms with Crippen LogP contribution in [0.25, 0.3) is 11.0 Å². The number of nitrogens with two attached hydrogens (primary N) is 1. The largest absolute Gasteiger partial charge is 0.491 e. The maximum atomic E-state index is 10.1. The van der Waals surface area contributed by atoms with Crippen LogP contribution >= 0.6 is 0 Å². The normalized spacial score (nSPS) is 12.4. The third-order valence-electron chi connectivity index (χ3n) is 3.26. The number of para-hydroxylation sites is 2. The highest BCUT2D eigenvalue weighted by molar-refractivity contribution is 5.74. The van der Waals surface area contributed by atoms with Gasteiger partial charge in [-0.05, 0) is 36.4 Å². The molecule has 0 saturated carbocycles. The van der Waals surface area contributed by atoms with E-state index in [0.29, 0.717) is 18.0 Å². The Hall–Kier alpha value is -2.53. The Labute approximate surface area is 122 Å².